The molecule has 1 N–H and O–H groups in total. The summed E-state index contributed by atoms with van der Waals surface area (Å²) in [5.74, 6) is 0.490. The Labute approximate surface area is 198 Å². The average Bonchev–Trinajstić information content (AvgIpc) is 3.58. The van der Waals surface area contributed by atoms with Crippen LogP contribution < -0.4 is 15.0 Å². The second-order valence-electron chi connectivity index (χ2n) is 8.98. The fourth-order valence-corrected chi connectivity index (χ4v) is 5.38. The van der Waals surface area contributed by atoms with E-state index >= 15 is 0 Å². The summed E-state index contributed by atoms with van der Waals surface area (Å²) in [4.78, 5) is 31.0. The summed E-state index contributed by atoms with van der Waals surface area (Å²) in [6, 6.07) is 7.37. The van der Waals surface area contributed by atoms with Crippen molar-refractivity contribution in [2.75, 3.05) is 6.79 Å². The number of nitrogens with zero attached hydrogens (tertiary/aromatic N) is 4. The van der Waals surface area contributed by atoms with E-state index in [1.807, 2.05) is 25.2 Å². The molecule has 10 heteroatoms. The molecule has 3 aliphatic heterocycles. The number of fused-ring (bicyclic) bond motifs is 6. The van der Waals surface area contributed by atoms with E-state index in [2.05, 4.69) is 5.10 Å². The van der Waals surface area contributed by atoms with E-state index in [1.54, 1.807) is 28.4 Å². The number of carbonyl (C=O) groups excluding carboxylic acids is 1. The van der Waals surface area contributed by atoms with Crippen molar-refractivity contribution in [2.24, 2.45) is 7.05 Å². The van der Waals surface area contributed by atoms with Crippen LogP contribution >= 0.6 is 0 Å². The molecule has 35 heavy (non-hydrogen) atoms. The lowest BCUT2D eigenvalue weighted by molar-refractivity contribution is -0.172. The number of ether oxygens (including phenoxy) is 3. The predicted octanol–water partition coefficient (Wildman–Crippen LogP) is 2.21. The third-order valence-corrected chi connectivity index (χ3v) is 7.26. The third-order valence-electron chi connectivity index (χ3n) is 7.26. The van der Waals surface area contributed by atoms with Gasteiger partial charge in [0.15, 0.2) is 17.1 Å². The van der Waals surface area contributed by atoms with Crippen molar-refractivity contribution in [1.82, 2.24) is 19.3 Å². The Balaban J connectivity index is 1.57. The first-order chi connectivity index (χ1) is 16.9. The van der Waals surface area contributed by atoms with Gasteiger partial charge < -0.3 is 23.9 Å². The molecular weight excluding hydrogens is 452 g/mol. The van der Waals surface area contributed by atoms with E-state index in [9.17, 15) is 14.7 Å². The number of hydrogen-bond acceptors (Lipinski definition) is 8. The lowest BCUT2D eigenvalue weighted by atomic mass is 9.86. The Kier molecular flexibility index (Phi) is 3.87. The second kappa shape index (κ2) is 6.70. The first-order valence-corrected chi connectivity index (χ1v) is 11.3. The third kappa shape index (κ3) is 2.51. The average molecular weight is 472 g/mol. The molecular formula is C25H20N4O6. The van der Waals surface area contributed by atoms with Crippen molar-refractivity contribution in [3.05, 3.63) is 57.5 Å². The zero-order valence-electron chi connectivity index (χ0n) is 19.0. The van der Waals surface area contributed by atoms with Crippen LogP contribution in [0.2, 0.25) is 0 Å². The highest BCUT2D eigenvalue weighted by Crippen LogP contribution is 2.45. The maximum Gasteiger partial charge on any atom is 0.343 e. The largest absolute Gasteiger partial charge is 0.458 e. The summed E-state index contributed by atoms with van der Waals surface area (Å²) in [6.45, 7) is 1.94. The quantitative estimate of drug-likeness (QED) is 0.389. The smallest absolute Gasteiger partial charge is 0.343 e. The normalized spacial score (nSPS) is 19.5. The van der Waals surface area contributed by atoms with Crippen LogP contribution in [0.15, 0.2) is 35.3 Å². The SMILES string of the molecule is CC[C@@]1(O)C(=O)OCc2c1cc1n(c2=O)Cc2c-1nc1cc3c(cc1c2-c1ccnn1C)OCO3. The predicted molar refractivity (Wildman–Crippen MR) is 123 cm³/mol. The molecule has 0 bridgehead atoms. The van der Waals surface area contributed by atoms with Crippen LogP contribution in [0.5, 0.6) is 11.5 Å². The molecule has 0 fully saturated rings. The molecule has 0 spiro atoms. The minimum absolute atomic E-state index is 0.0868. The van der Waals surface area contributed by atoms with E-state index in [1.165, 1.54) is 0 Å². The number of esters is 1. The summed E-state index contributed by atoms with van der Waals surface area (Å²) < 4.78 is 19.8. The molecule has 6 heterocycles. The number of carbonyl (C=O) groups is 1. The molecule has 3 aromatic heterocycles. The minimum atomic E-state index is -1.88. The van der Waals surface area contributed by atoms with Crippen LogP contribution in [0, 0.1) is 0 Å². The molecule has 0 saturated carbocycles. The van der Waals surface area contributed by atoms with Crippen molar-refractivity contribution in [3.8, 4) is 34.1 Å². The molecule has 0 saturated heterocycles. The van der Waals surface area contributed by atoms with Crippen LogP contribution in [0.25, 0.3) is 33.5 Å². The number of aryl methyl sites for hydroxylation is 1. The van der Waals surface area contributed by atoms with Gasteiger partial charge in [-0.15, -0.1) is 0 Å². The van der Waals surface area contributed by atoms with Crippen LogP contribution in [0.4, 0.5) is 0 Å². The van der Waals surface area contributed by atoms with Crippen molar-refractivity contribution in [3.63, 3.8) is 0 Å². The fraction of sp³-hybridized carbons (Fsp3) is 0.280. The monoisotopic (exact) mass is 472 g/mol. The maximum absolute atomic E-state index is 13.6. The van der Waals surface area contributed by atoms with E-state index in [4.69, 9.17) is 19.2 Å². The van der Waals surface area contributed by atoms with Gasteiger partial charge in [0, 0.05) is 41.4 Å². The molecule has 10 nitrogen and oxygen atoms in total. The first kappa shape index (κ1) is 20.2. The topological polar surface area (TPSA) is 118 Å². The number of aromatic nitrogens is 4. The lowest BCUT2D eigenvalue weighted by Crippen LogP contribution is -2.44. The van der Waals surface area contributed by atoms with Gasteiger partial charge in [-0.3, -0.25) is 9.48 Å². The van der Waals surface area contributed by atoms with Crippen LogP contribution in [-0.4, -0.2) is 37.2 Å². The molecule has 4 aromatic rings. The van der Waals surface area contributed by atoms with Gasteiger partial charge in [-0.25, -0.2) is 9.78 Å². The lowest BCUT2D eigenvalue weighted by Gasteiger charge is -2.31. The Morgan fingerprint density at radius 1 is 1.09 bits per heavy atom. The molecule has 0 unspecified atom stereocenters. The zero-order chi connectivity index (χ0) is 24.1. The highest BCUT2D eigenvalue weighted by Gasteiger charge is 2.45. The van der Waals surface area contributed by atoms with Crippen LogP contribution in [0.1, 0.15) is 30.0 Å². The van der Waals surface area contributed by atoms with Gasteiger partial charge in [0.05, 0.1) is 34.7 Å². The van der Waals surface area contributed by atoms with Crippen molar-refractivity contribution in [2.45, 2.75) is 32.1 Å². The van der Waals surface area contributed by atoms with Crippen LogP contribution in [0.3, 0.4) is 0 Å². The van der Waals surface area contributed by atoms with Gasteiger partial charge >= 0.3 is 5.97 Å². The number of rotatable bonds is 2. The standard InChI is InChI=1S/C25H20N4O6/c1-3-25(32)15-7-18-22-13(9-29(18)23(30)14(15)10-33-24(25)31)21(17-4-5-26-28(17)2)12-6-19-20(35-11-34-19)8-16(12)27-22/h4-8,32H,3,9-11H2,1-2H3/t25-/m0/s1. The summed E-state index contributed by atoms with van der Waals surface area (Å²) in [5, 5.41) is 16.3. The Bertz CT molecular complexity index is 1670. The first-order valence-electron chi connectivity index (χ1n) is 11.3. The Morgan fingerprint density at radius 3 is 2.63 bits per heavy atom. The summed E-state index contributed by atoms with van der Waals surface area (Å²) in [7, 11) is 1.86. The fourth-order valence-electron chi connectivity index (χ4n) is 5.38. The molecule has 3 aliphatic rings. The van der Waals surface area contributed by atoms with Gasteiger partial charge in [0.1, 0.15) is 6.61 Å². The highest BCUT2D eigenvalue weighted by molar-refractivity contribution is 6.00. The number of cyclic esters (lactones) is 1. The summed E-state index contributed by atoms with van der Waals surface area (Å²) >= 11 is 0. The Hall–Kier alpha value is -4.18. The van der Waals surface area contributed by atoms with Crippen molar-refractivity contribution in [1.29, 1.82) is 0 Å². The van der Waals surface area contributed by atoms with Gasteiger partial charge in [0.2, 0.25) is 6.79 Å². The molecule has 0 aliphatic carbocycles. The van der Waals surface area contributed by atoms with Crippen LogP contribution in [-0.2, 0) is 35.3 Å². The van der Waals surface area contributed by atoms with Gasteiger partial charge in [-0.05, 0) is 24.6 Å². The Morgan fingerprint density at radius 2 is 1.89 bits per heavy atom. The molecule has 7 rings (SSSR count). The van der Waals surface area contributed by atoms with E-state index < -0.39 is 11.6 Å². The molecule has 0 radical (unpaired) electrons. The molecule has 1 aromatic carbocycles. The van der Waals surface area contributed by atoms with Gasteiger partial charge in [0.25, 0.3) is 5.56 Å². The number of aliphatic hydroxyl groups is 1. The minimum Gasteiger partial charge on any atom is -0.458 e. The van der Waals surface area contributed by atoms with Crippen molar-refractivity contribution >= 4 is 16.9 Å². The second-order valence-corrected chi connectivity index (χ2v) is 8.98. The molecule has 0 amide bonds. The molecule has 176 valence electrons. The van der Waals surface area contributed by atoms with E-state index in [-0.39, 0.29) is 43.1 Å². The van der Waals surface area contributed by atoms with Crippen molar-refractivity contribution < 1.29 is 24.1 Å². The summed E-state index contributed by atoms with van der Waals surface area (Å²) in [5.41, 5.74) is 2.85. The molecule has 1 atom stereocenters. The van der Waals surface area contributed by atoms with Gasteiger partial charge in [-0.2, -0.15) is 5.10 Å². The van der Waals surface area contributed by atoms with Gasteiger partial charge in [-0.1, -0.05) is 6.92 Å². The highest BCUT2D eigenvalue weighted by atomic mass is 16.7. The number of benzene rings is 1. The van der Waals surface area contributed by atoms with E-state index in [0.717, 1.165) is 22.2 Å². The number of pyridine rings is 2. The van der Waals surface area contributed by atoms with E-state index in [0.29, 0.717) is 28.4 Å². The summed E-state index contributed by atoms with van der Waals surface area (Å²) in [6.07, 6.45) is 1.81. The zero-order valence-corrected chi connectivity index (χ0v) is 19.0. The maximum atomic E-state index is 13.6. The number of hydrogen-bond donors (Lipinski definition) is 1.